The molecule has 0 radical (unpaired) electrons. The number of hydrogen-bond donors (Lipinski definition) is 2. The molecule has 0 bridgehead atoms. The van der Waals surface area contributed by atoms with Crippen molar-refractivity contribution in [1.82, 2.24) is 20.2 Å². The standard InChI is InChI=1S/C14H20BrN5/c1-8(2)20-14(11(15)7-18-20)13(19-16)12-10(4)5-9(3)6-17-12/h5-8,13,19H,16H2,1-4H3. The lowest BCUT2D eigenvalue weighted by Crippen LogP contribution is -2.32. The number of nitrogens with one attached hydrogen (secondary N) is 1. The van der Waals surface area contributed by atoms with Gasteiger partial charge in [-0.25, -0.2) is 5.43 Å². The second kappa shape index (κ2) is 6.03. The van der Waals surface area contributed by atoms with E-state index in [4.69, 9.17) is 5.84 Å². The van der Waals surface area contributed by atoms with Gasteiger partial charge in [0.1, 0.15) is 6.04 Å². The molecule has 2 aromatic heterocycles. The van der Waals surface area contributed by atoms with Crippen molar-refractivity contribution in [1.29, 1.82) is 0 Å². The molecular formula is C14H20BrN5. The normalized spacial score (nSPS) is 12.9. The van der Waals surface area contributed by atoms with Gasteiger partial charge in [-0.3, -0.25) is 15.5 Å². The summed E-state index contributed by atoms with van der Waals surface area (Å²) in [7, 11) is 0. The molecule has 0 saturated heterocycles. The fourth-order valence-corrected chi connectivity index (χ4v) is 2.85. The molecule has 0 amide bonds. The molecule has 0 aliphatic heterocycles. The highest BCUT2D eigenvalue weighted by molar-refractivity contribution is 9.10. The van der Waals surface area contributed by atoms with Crippen LogP contribution in [0.25, 0.3) is 0 Å². The molecule has 5 nitrogen and oxygen atoms in total. The summed E-state index contributed by atoms with van der Waals surface area (Å²) >= 11 is 3.56. The van der Waals surface area contributed by atoms with Crippen LogP contribution in [0.5, 0.6) is 0 Å². The fourth-order valence-electron chi connectivity index (χ4n) is 2.35. The molecule has 0 aliphatic rings. The van der Waals surface area contributed by atoms with Crippen LogP contribution in [-0.2, 0) is 0 Å². The van der Waals surface area contributed by atoms with Crippen LogP contribution in [0.15, 0.2) is 22.9 Å². The maximum absolute atomic E-state index is 5.79. The minimum atomic E-state index is -0.199. The zero-order chi connectivity index (χ0) is 14.9. The van der Waals surface area contributed by atoms with Crippen molar-refractivity contribution in [2.75, 3.05) is 0 Å². The predicted molar refractivity (Wildman–Crippen MR) is 83.2 cm³/mol. The second-order valence-electron chi connectivity index (χ2n) is 5.23. The number of nitrogens with two attached hydrogens (primary N) is 1. The largest absolute Gasteiger partial charge is 0.270 e. The fraction of sp³-hybridized carbons (Fsp3) is 0.429. The first-order chi connectivity index (χ1) is 9.45. The smallest absolute Gasteiger partial charge is 0.106 e. The van der Waals surface area contributed by atoms with Crippen molar-refractivity contribution in [3.05, 3.63) is 45.4 Å². The Morgan fingerprint density at radius 3 is 2.55 bits per heavy atom. The average Bonchev–Trinajstić information content (AvgIpc) is 2.75. The van der Waals surface area contributed by atoms with Crippen molar-refractivity contribution in [3.8, 4) is 0 Å². The van der Waals surface area contributed by atoms with Gasteiger partial charge in [0.2, 0.25) is 0 Å². The summed E-state index contributed by atoms with van der Waals surface area (Å²) in [4.78, 5) is 4.54. The molecular weight excluding hydrogens is 318 g/mol. The molecule has 0 fully saturated rings. The number of pyridine rings is 1. The van der Waals surface area contributed by atoms with E-state index in [2.05, 4.69) is 51.4 Å². The van der Waals surface area contributed by atoms with Crippen LogP contribution in [0.2, 0.25) is 0 Å². The van der Waals surface area contributed by atoms with Crippen LogP contribution in [-0.4, -0.2) is 14.8 Å². The summed E-state index contributed by atoms with van der Waals surface area (Å²) < 4.78 is 2.88. The number of hydrogen-bond acceptors (Lipinski definition) is 4. The van der Waals surface area contributed by atoms with Gasteiger partial charge in [-0.1, -0.05) is 6.07 Å². The quantitative estimate of drug-likeness (QED) is 0.664. The number of nitrogens with zero attached hydrogens (tertiary/aromatic N) is 3. The molecule has 0 aromatic carbocycles. The van der Waals surface area contributed by atoms with E-state index in [1.165, 1.54) is 0 Å². The van der Waals surface area contributed by atoms with E-state index in [9.17, 15) is 0 Å². The second-order valence-corrected chi connectivity index (χ2v) is 6.08. The molecule has 6 heteroatoms. The first-order valence-electron chi connectivity index (χ1n) is 6.57. The summed E-state index contributed by atoms with van der Waals surface area (Å²) in [5, 5.41) is 4.40. The third kappa shape index (κ3) is 2.77. The molecule has 2 rings (SSSR count). The predicted octanol–water partition coefficient (Wildman–Crippen LogP) is 2.79. The first-order valence-corrected chi connectivity index (χ1v) is 7.37. The van der Waals surface area contributed by atoms with Gasteiger partial charge in [-0.15, -0.1) is 0 Å². The SMILES string of the molecule is Cc1cnc(C(NN)c2c(Br)cnn2C(C)C)c(C)c1. The third-order valence-corrected chi connectivity index (χ3v) is 3.86. The number of hydrazine groups is 1. The van der Waals surface area contributed by atoms with Crippen LogP contribution in [0.3, 0.4) is 0 Å². The van der Waals surface area contributed by atoms with Gasteiger partial charge >= 0.3 is 0 Å². The molecule has 0 saturated carbocycles. The van der Waals surface area contributed by atoms with Crippen LogP contribution in [0, 0.1) is 13.8 Å². The third-order valence-electron chi connectivity index (χ3n) is 3.25. The number of rotatable bonds is 4. The van der Waals surface area contributed by atoms with E-state index in [1.807, 2.05) is 24.7 Å². The molecule has 2 aromatic rings. The Labute approximate surface area is 127 Å². The van der Waals surface area contributed by atoms with Crippen LogP contribution >= 0.6 is 15.9 Å². The minimum absolute atomic E-state index is 0.199. The first kappa shape index (κ1) is 15.2. The van der Waals surface area contributed by atoms with E-state index in [1.54, 1.807) is 6.20 Å². The summed E-state index contributed by atoms with van der Waals surface area (Å²) in [6, 6.07) is 2.16. The maximum Gasteiger partial charge on any atom is 0.106 e. The van der Waals surface area contributed by atoms with Crippen molar-refractivity contribution in [2.24, 2.45) is 5.84 Å². The highest BCUT2D eigenvalue weighted by atomic mass is 79.9. The molecule has 3 N–H and O–H groups in total. The van der Waals surface area contributed by atoms with Crippen molar-refractivity contribution < 1.29 is 0 Å². The molecule has 20 heavy (non-hydrogen) atoms. The molecule has 1 unspecified atom stereocenters. The van der Waals surface area contributed by atoms with E-state index in [-0.39, 0.29) is 12.1 Å². The Hall–Kier alpha value is -1.24. The van der Waals surface area contributed by atoms with E-state index in [0.717, 1.165) is 27.0 Å². The number of aryl methyl sites for hydroxylation is 2. The van der Waals surface area contributed by atoms with Crippen LogP contribution in [0.1, 0.15) is 48.4 Å². The number of aromatic nitrogens is 3. The van der Waals surface area contributed by atoms with Crippen LogP contribution < -0.4 is 11.3 Å². The lowest BCUT2D eigenvalue weighted by Gasteiger charge is -2.21. The van der Waals surface area contributed by atoms with E-state index < -0.39 is 0 Å². The van der Waals surface area contributed by atoms with Crippen LogP contribution in [0.4, 0.5) is 0 Å². The van der Waals surface area contributed by atoms with E-state index >= 15 is 0 Å². The topological polar surface area (TPSA) is 68.8 Å². The Morgan fingerprint density at radius 2 is 2.00 bits per heavy atom. The summed E-state index contributed by atoms with van der Waals surface area (Å²) in [5.41, 5.74) is 7.01. The monoisotopic (exact) mass is 337 g/mol. The summed E-state index contributed by atoms with van der Waals surface area (Å²) in [5.74, 6) is 5.79. The van der Waals surface area contributed by atoms with Crippen molar-refractivity contribution >= 4 is 15.9 Å². The highest BCUT2D eigenvalue weighted by Crippen LogP contribution is 2.30. The Kier molecular flexibility index (Phi) is 4.57. The lowest BCUT2D eigenvalue weighted by atomic mass is 10.0. The van der Waals surface area contributed by atoms with Gasteiger partial charge in [0, 0.05) is 12.2 Å². The van der Waals surface area contributed by atoms with E-state index in [0.29, 0.717) is 0 Å². The van der Waals surface area contributed by atoms with Gasteiger partial charge in [0.05, 0.1) is 22.1 Å². The molecule has 1 atom stereocenters. The Bertz CT molecular complexity index is 606. The lowest BCUT2D eigenvalue weighted by molar-refractivity contribution is 0.471. The van der Waals surface area contributed by atoms with Gasteiger partial charge in [-0.05, 0) is 54.8 Å². The van der Waals surface area contributed by atoms with Gasteiger partial charge in [0.25, 0.3) is 0 Å². The van der Waals surface area contributed by atoms with Gasteiger partial charge in [0.15, 0.2) is 0 Å². The zero-order valence-electron chi connectivity index (χ0n) is 12.2. The molecule has 0 aliphatic carbocycles. The minimum Gasteiger partial charge on any atom is -0.270 e. The average molecular weight is 338 g/mol. The maximum atomic E-state index is 5.79. The summed E-state index contributed by atoms with van der Waals surface area (Å²) in [6.07, 6.45) is 3.65. The van der Waals surface area contributed by atoms with Gasteiger partial charge in [-0.2, -0.15) is 5.10 Å². The highest BCUT2D eigenvalue weighted by Gasteiger charge is 2.24. The Morgan fingerprint density at radius 1 is 1.30 bits per heavy atom. The summed E-state index contributed by atoms with van der Waals surface area (Å²) in [6.45, 7) is 8.25. The zero-order valence-corrected chi connectivity index (χ0v) is 13.8. The van der Waals surface area contributed by atoms with Gasteiger partial charge < -0.3 is 0 Å². The van der Waals surface area contributed by atoms with Crippen molar-refractivity contribution in [3.63, 3.8) is 0 Å². The molecule has 2 heterocycles. The molecule has 108 valence electrons. The number of halogens is 1. The van der Waals surface area contributed by atoms with Crippen molar-refractivity contribution in [2.45, 2.75) is 39.8 Å². The Balaban J connectivity index is 2.55. The molecule has 0 spiro atoms.